The highest BCUT2D eigenvalue weighted by Crippen LogP contribution is 2.36. The van der Waals surface area contributed by atoms with E-state index in [0.717, 1.165) is 6.07 Å². The van der Waals surface area contributed by atoms with E-state index in [4.69, 9.17) is 5.26 Å². The first-order chi connectivity index (χ1) is 9.45. The van der Waals surface area contributed by atoms with Gasteiger partial charge in [0, 0.05) is 18.8 Å². The number of anilines is 1. The maximum Gasteiger partial charge on any atom is 0.419 e. The minimum atomic E-state index is -4.48. The van der Waals surface area contributed by atoms with E-state index < -0.39 is 11.7 Å². The van der Waals surface area contributed by atoms with Gasteiger partial charge in [-0.2, -0.15) is 18.4 Å². The van der Waals surface area contributed by atoms with Crippen molar-refractivity contribution in [1.29, 1.82) is 5.26 Å². The van der Waals surface area contributed by atoms with Crippen molar-refractivity contribution >= 4 is 5.82 Å². The smallest absolute Gasteiger partial charge is 0.373 e. The SMILES string of the molecule is CNc1ncc(-c2ccc(C#N)cc2)cc1C(F)(F)F. The predicted octanol–water partition coefficient (Wildman–Crippen LogP) is 3.68. The van der Waals surface area contributed by atoms with Crippen molar-refractivity contribution in [3.8, 4) is 17.2 Å². The van der Waals surface area contributed by atoms with Crippen LogP contribution in [0.15, 0.2) is 36.5 Å². The van der Waals surface area contributed by atoms with E-state index in [-0.39, 0.29) is 5.82 Å². The van der Waals surface area contributed by atoms with E-state index in [2.05, 4.69) is 10.3 Å². The Balaban J connectivity index is 2.50. The average Bonchev–Trinajstić information content (AvgIpc) is 2.46. The van der Waals surface area contributed by atoms with E-state index in [0.29, 0.717) is 16.7 Å². The van der Waals surface area contributed by atoms with E-state index in [9.17, 15) is 13.2 Å². The minimum absolute atomic E-state index is 0.213. The molecule has 1 aromatic heterocycles. The Kier molecular flexibility index (Phi) is 3.61. The Labute approximate surface area is 113 Å². The van der Waals surface area contributed by atoms with Gasteiger partial charge in [0.15, 0.2) is 0 Å². The summed E-state index contributed by atoms with van der Waals surface area (Å²) in [5, 5.41) is 11.1. The topological polar surface area (TPSA) is 48.7 Å². The number of nitrogens with zero attached hydrogens (tertiary/aromatic N) is 2. The van der Waals surface area contributed by atoms with Gasteiger partial charge in [0.05, 0.1) is 17.2 Å². The molecule has 0 bridgehead atoms. The van der Waals surface area contributed by atoms with Gasteiger partial charge in [-0.25, -0.2) is 4.98 Å². The third kappa shape index (κ3) is 2.72. The van der Waals surface area contributed by atoms with Crippen LogP contribution in [0.5, 0.6) is 0 Å². The number of aromatic nitrogens is 1. The molecule has 0 aliphatic carbocycles. The second-order valence-electron chi connectivity index (χ2n) is 4.06. The van der Waals surface area contributed by atoms with Crippen LogP contribution < -0.4 is 5.32 Å². The third-order valence-electron chi connectivity index (χ3n) is 2.78. The Bertz CT molecular complexity index is 655. The zero-order chi connectivity index (χ0) is 14.8. The number of alkyl halides is 3. The van der Waals surface area contributed by atoms with Crippen LogP contribution in [0.1, 0.15) is 11.1 Å². The van der Waals surface area contributed by atoms with Crippen molar-refractivity contribution in [1.82, 2.24) is 4.98 Å². The molecule has 0 aliphatic heterocycles. The van der Waals surface area contributed by atoms with Crippen molar-refractivity contribution in [2.24, 2.45) is 0 Å². The molecule has 20 heavy (non-hydrogen) atoms. The van der Waals surface area contributed by atoms with Crippen LogP contribution >= 0.6 is 0 Å². The van der Waals surface area contributed by atoms with Crippen molar-refractivity contribution in [2.75, 3.05) is 12.4 Å². The Morgan fingerprint density at radius 2 is 1.80 bits per heavy atom. The molecule has 1 aromatic carbocycles. The molecular weight excluding hydrogens is 267 g/mol. The summed E-state index contributed by atoms with van der Waals surface area (Å²) >= 11 is 0. The van der Waals surface area contributed by atoms with Gasteiger partial charge in [-0.05, 0) is 23.8 Å². The monoisotopic (exact) mass is 277 g/mol. The molecule has 0 aliphatic rings. The fourth-order valence-corrected chi connectivity index (χ4v) is 1.78. The number of pyridine rings is 1. The van der Waals surface area contributed by atoms with Crippen LogP contribution in [-0.4, -0.2) is 12.0 Å². The van der Waals surface area contributed by atoms with Crippen LogP contribution in [0.3, 0.4) is 0 Å². The molecule has 0 unspecified atom stereocenters. The number of nitriles is 1. The lowest BCUT2D eigenvalue weighted by atomic mass is 10.0. The van der Waals surface area contributed by atoms with Gasteiger partial charge in [0.2, 0.25) is 0 Å². The summed E-state index contributed by atoms with van der Waals surface area (Å²) in [6.45, 7) is 0. The number of hydrogen-bond acceptors (Lipinski definition) is 3. The largest absolute Gasteiger partial charge is 0.419 e. The van der Waals surface area contributed by atoms with Gasteiger partial charge in [-0.1, -0.05) is 12.1 Å². The fourth-order valence-electron chi connectivity index (χ4n) is 1.78. The summed E-state index contributed by atoms with van der Waals surface area (Å²) in [6, 6.07) is 9.28. The highest BCUT2D eigenvalue weighted by molar-refractivity contribution is 5.66. The first-order valence-electron chi connectivity index (χ1n) is 5.71. The zero-order valence-corrected chi connectivity index (χ0v) is 10.5. The van der Waals surface area contributed by atoms with Gasteiger partial charge < -0.3 is 5.32 Å². The summed E-state index contributed by atoms with van der Waals surface area (Å²) < 4.78 is 38.8. The molecule has 0 atom stereocenters. The van der Waals surface area contributed by atoms with Gasteiger partial charge >= 0.3 is 6.18 Å². The van der Waals surface area contributed by atoms with Crippen LogP contribution in [0.2, 0.25) is 0 Å². The predicted molar refractivity (Wildman–Crippen MR) is 68.9 cm³/mol. The quantitative estimate of drug-likeness (QED) is 0.910. The maximum atomic E-state index is 12.9. The number of rotatable bonds is 2. The third-order valence-corrected chi connectivity index (χ3v) is 2.78. The average molecular weight is 277 g/mol. The molecular formula is C14H10F3N3. The van der Waals surface area contributed by atoms with Gasteiger partial charge in [0.25, 0.3) is 0 Å². The van der Waals surface area contributed by atoms with E-state index in [1.165, 1.54) is 13.2 Å². The number of nitrogens with one attached hydrogen (secondary N) is 1. The summed E-state index contributed by atoms with van der Waals surface area (Å²) in [7, 11) is 1.39. The zero-order valence-electron chi connectivity index (χ0n) is 10.5. The molecule has 0 amide bonds. The van der Waals surface area contributed by atoms with Crippen molar-refractivity contribution in [2.45, 2.75) is 6.18 Å². The molecule has 2 aromatic rings. The first kappa shape index (κ1) is 13.9. The lowest BCUT2D eigenvalue weighted by Crippen LogP contribution is -2.10. The molecule has 1 heterocycles. The molecule has 1 N–H and O–H groups in total. The second-order valence-corrected chi connectivity index (χ2v) is 4.06. The Morgan fingerprint density at radius 3 is 2.30 bits per heavy atom. The molecule has 0 saturated heterocycles. The normalized spacial score (nSPS) is 10.9. The lowest BCUT2D eigenvalue weighted by molar-refractivity contribution is -0.137. The lowest BCUT2D eigenvalue weighted by Gasteiger charge is -2.13. The Morgan fingerprint density at radius 1 is 1.15 bits per heavy atom. The number of benzene rings is 1. The molecule has 0 radical (unpaired) electrons. The summed E-state index contributed by atoms with van der Waals surface area (Å²) in [6.07, 6.45) is -3.11. The summed E-state index contributed by atoms with van der Waals surface area (Å²) in [5.41, 5.74) is 0.553. The van der Waals surface area contributed by atoms with E-state index in [1.54, 1.807) is 24.3 Å². The van der Waals surface area contributed by atoms with Crippen LogP contribution in [0, 0.1) is 11.3 Å². The standard InChI is InChI=1S/C14H10F3N3/c1-19-13-12(14(15,16)17)6-11(8-20-13)10-4-2-9(7-18)3-5-10/h2-6,8H,1H3,(H,19,20). The molecule has 102 valence electrons. The summed E-state index contributed by atoms with van der Waals surface area (Å²) in [4.78, 5) is 3.79. The fraction of sp³-hybridized carbons (Fsp3) is 0.143. The van der Waals surface area contributed by atoms with E-state index >= 15 is 0 Å². The maximum absolute atomic E-state index is 12.9. The first-order valence-corrected chi connectivity index (χ1v) is 5.71. The molecule has 2 rings (SSSR count). The molecule has 3 nitrogen and oxygen atoms in total. The number of halogens is 3. The van der Waals surface area contributed by atoms with Crippen molar-refractivity contribution < 1.29 is 13.2 Å². The highest BCUT2D eigenvalue weighted by Gasteiger charge is 2.34. The molecule has 0 spiro atoms. The molecule has 0 saturated carbocycles. The molecule has 6 heteroatoms. The second kappa shape index (κ2) is 5.21. The summed E-state index contributed by atoms with van der Waals surface area (Å²) in [5.74, 6) is -0.213. The van der Waals surface area contributed by atoms with Crippen LogP contribution in [-0.2, 0) is 6.18 Å². The molecule has 0 fully saturated rings. The minimum Gasteiger partial charge on any atom is -0.373 e. The van der Waals surface area contributed by atoms with Gasteiger partial charge in [0.1, 0.15) is 5.82 Å². The van der Waals surface area contributed by atoms with Crippen LogP contribution in [0.4, 0.5) is 19.0 Å². The van der Waals surface area contributed by atoms with Crippen molar-refractivity contribution in [3.05, 3.63) is 47.7 Å². The van der Waals surface area contributed by atoms with Crippen molar-refractivity contribution in [3.63, 3.8) is 0 Å². The van der Waals surface area contributed by atoms with Gasteiger partial charge in [-0.15, -0.1) is 0 Å². The van der Waals surface area contributed by atoms with Gasteiger partial charge in [-0.3, -0.25) is 0 Å². The highest BCUT2D eigenvalue weighted by atomic mass is 19.4. The van der Waals surface area contributed by atoms with E-state index in [1.807, 2.05) is 6.07 Å². The number of hydrogen-bond donors (Lipinski definition) is 1. The van der Waals surface area contributed by atoms with Crippen LogP contribution in [0.25, 0.3) is 11.1 Å². The Hall–Kier alpha value is -2.55.